The number of carbonyl (C=O) groups is 2. The number of nitrogens with zero attached hydrogens (tertiary/aromatic N) is 2. The van der Waals surface area contributed by atoms with Crippen LogP contribution in [0.3, 0.4) is 0 Å². The number of primary amides is 1. The fourth-order valence-electron chi connectivity index (χ4n) is 3.80. The van der Waals surface area contributed by atoms with Crippen LogP contribution in [0.4, 0.5) is 0 Å². The summed E-state index contributed by atoms with van der Waals surface area (Å²) in [5.74, 6) is 0.423. The van der Waals surface area contributed by atoms with Crippen LogP contribution in [0.15, 0.2) is 0 Å². The number of hydrogen-bond donors (Lipinski definition) is 1. The Balaban J connectivity index is 1.85. The monoisotopic (exact) mass is 309 g/mol. The molecule has 2 aliphatic rings. The molecular weight excluding hydrogens is 278 g/mol. The standard InChI is InChI=1S/C17H31N3O2/c1-13(19(2)11-14-7-4-3-5-8-14)17(22)20-10-6-9-15(12-20)16(18)21/h13-15H,3-12H2,1-2H3,(H2,18,21)/t13-,15-/m1/s1. The minimum absolute atomic E-state index is 0.117. The normalized spacial score (nSPS) is 25.2. The van der Waals surface area contributed by atoms with Gasteiger partial charge in [-0.15, -0.1) is 0 Å². The Kier molecular flexibility index (Phi) is 6.24. The largest absolute Gasteiger partial charge is 0.369 e. The molecule has 2 amide bonds. The zero-order valence-electron chi connectivity index (χ0n) is 14.1. The summed E-state index contributed by atoms with van der Waals surface area (Å²) in [4.78, 5) is 28.1. The Labute approximate surface area is 134 Å². The molecule has 2 atom stereocenters. The third kappa shape index (κ3) is 4.45. The lowest BCUT2D eigenvalue weighted by Crippen LogP contribution is -2.51. The maximum absolute atomic E-state index is 12.7. The van der Waals surface area contributed by atoms with Crippen LogP contribution in [-0.4, -0.2) is 54.3 Å². The van der Waals surface area contributed by atoms with Gasteiger partial charge in [0.2, 0.25) is 11.8 Å². The molecule has 0 bridgehead atoms. The van der Waals surface area contributed by atoms with Gasteiger partial charge in [-0.3, -0.25) is 14.5 Å². The van der Waals surface area contributed by atoms with E-state index in [1.165, 1.54) is 32.1 Å². The van der Waals surface area contributed by atoms with Crippen molar-refractivity contribution >= 4 is 11.8 Å². The third-order valence-electron chi connectivity index (χ3n) is 5.42. The van der Waals surface area contributed by atoms with E-state index in [9.17, 15) is 9.59 Å². The van der Waals surface area contributed by atoms with Gasteiger partial charge in [0.15, 0.2) is 0 Å². The molecule has 1 aliphatic carbocycles. The van der Waals surface area contributed by atoms with Crippen molar-refractivity contribution in [1.82, 2.24) is 9.80 Å². The molecule has 1 saturated heterocycles. The fourth-order valence-corrected chi connectivity index (χ4v) is 3.80. The SMILES string of the molecule is C[C@H](C(=O)N1CCC[C@@H](C(N)=O)C1)N(C)CC1CCCCC1. The maximum atomic E-state index is 12.7. The first kappa shape index (κ1) is 17.3. The van der Waals surface area contributed by atoms with Crippen molar-refractivity contribution in [2.24, 2.45) is 17.6 Å². The smallest absolute Gasteiger partial charge is 0.239 e. The number of rotatable bonds is 5. The number of likely N-dealkylation sites (N-methyl/N-ethyl adjacent to an activating group) is 1. The molecule has 5 nitrogen and oxygen atoms in total. The molecule has 0 aromatic rings. The van der Waals surface area contributed by atoms with Gasteiger partial charge in [0.05, 0.1) is 12.0 Å². The second-order valence-electron chi connectivity index (χ2n) is 7.15. The first-order chi connectivity index (χ1) is 10.5. The van der Waals surface area contributed by atoms with E-state index >= 15 is 0 Å². The van der Waals surface area contributed by atoms with E-state index in [0.717, 1.165) is 31.8 Å². The summed E-state index contributed by atoms with van der Waals surface area (Å²) in [6.07, 6.45) is 8.28. The number of nitrogens with two attached hydrogens (primary N) is 1. The van der Waals surface area contributed by atoms with Crippen molar-refractivity contribution in [3.05, 3.63) is 0 Å². The molecular formula is C17H31N3O2. The van der Waals surface area contributed by atoms with Crippen molar-refractivity contribution in [2.75, 3.05) is 26.7 Å². The second kappa shape index (κ2) is 7.95. The zero-order valence-corrected chi connectivity index (χ0v) is 14.1. The van der Waals surface area contributed by atoms with E-state index in [-0.39, 0.29) is 23.8 Å². The maximum Gasteiger partial charge on any atom is 0.239 e. The zero-order chi connectivity index (χ0) is 16.1. The predicted molar refractivity (Wildman–Crippen MR) is 87.2 cm³/mol. The van der Waals surface area contributed by atoms with Crippen LogP contribution >= 0.6 is 0 Å². The molecule has 5 heteroatoms. The molecule has 2 N–H and O–H groups in total. The summed E-state index contributed by atoms with van der Waals surface area (Å²) in [5.41, 5.74) is 5.40. The van der Waals surface area contributed by atoms with E-state index in [2.05, 4.69) is 4.90 Å². The quantitative estimate of drug-likeness (QED) is 0.839. The summed E-state index contributed by atoms with van der Waals surface area (Å²) in [6.45, 7) is 4.24. The third-order valence-corrected chi connectivity index (χ3v) is 5.42. The van der Waals surface area contributed by atoms with Gasteiger partial charge in [0, 0.05) is 19.6 Å². The Hall–Kier alpha value is -1.10. The number of carbonyl (C=O) groups excluding carboxylic acids is 2. The Bertz CT molecular complexity index is 393. The number of likely N-dealkylation sites (tertiary alicyclic amines) is 1. The molecule has 1 heterocycles. The number of piperidine rings is 1. The predicted octanol–water partition coefficient (Wildman–Crippen LogP) is 1.61. The van der Waals surface area contributed by atoms with Crippen molar-refractivity contribution < 1.29 is 9.59 Å². The lowest BCUT2D eigenvalue weighted by atomic mass is 9.88. The van der Waals surface area contributed by atoms with Gasteiger partial charge in [0.25, 0.3) is 0 Å². The lowest BCUT2D eigenvalue weighted by Gasteiger charge is -2.36. The molecule has 0 spiro atoms. The highest BCUT2D eigenvalue weighted by atomic mass is 16.2. The van der Waals surface area contributed by atoms with Crippen LogP contribution in [0, 0.1) is 11.8 Å². The molecule has 2 fully saturated rings. The van der Waals surface area contributed by atoms with E-state index in [0.29, 0.717) is 6.54 Å². The molecule has 1 aliphatic heterocycles. The second-order valence-corrected chi connectivity index (χ2v) is 7.15. The highest BCUT2D eigenvalue weighted by Gasteiger charge is 2.31. The Morgan fingerprint density at radius 3 is 2.50 bits per heavy atom. The van der Waals surface area contributed by atoms with Gasteiger partial charge >= 0.3 is 0 Å². The van der Waals surface area contributed by atoms with Gasteiger partial charge in [-0.05, 0) is 45.6 Å². The Morgan fingerprint density at radius 2 is 1.86 bits per heavy atom. The first-order valence-corrected chi connectivity index (χ1v) is 8.77. The van der Waals surface area contributed by atoms with Gasteiger partial charge in [-0.1, -0.05) is 19.3 Å². The van der Waals surface area contributed by atoms with Crippen molar-refractivity contribution in [3.8, 4) is 0 Å². The van der Waals surface area contributed by atoms with E-state index in [1.54, 1.807) is 0 Å². The van der Waals surface area contributed by atoms with Crippen molar-refractivity contribution in [1.29, 1.82) is 0 Å². The van der Waals surface area contributed by atoms with Crippen LogP contribution in [0.5, 0.6) is 0 Å². The highest BCUT2D eigenvalue weighted by molar-refractivity contribution is 5.83. The van der Waals surface area contributed by atoms with Gasteiger partial charge in [0.1, 0.15) is 0 Å². The summed E-state index contributed by atoms with van der Waals surface area (Å²) >= 11 is 0. The minimum atomic E-state index is -0.277. The molecule has 0 aromatic carbocycles. The van der Waals surface area contributed by atoms with E-state index in [1.807, 2.05) is 18.9 Å². The van der Waals surface area contributed by atoms with Gasteiger partial charge in [-0.25, -0.2) is 0 Å². The summed E-state index contributed by atoms with van der Waals surface area (Å²) in [5, 5.41) is 0. The molecule has 126 valence electrons. The van der Waals surface area contributed by atoms with Crippen LogP contribution < -0.4 is 5.73 Å². The summed E-state index contributed by atoms with van der Waals surface area (Å²) in [7, 11) is 2.05. The number of amides is 2. The van der Waals surface area contributed by atoms with Crippen molar-refractivity contribution in [3.63, 3.8) is 0 Å². The van der Waals surface area contributed by atoms with Gasteiger partial charge < -0.3 is 10.6 Å². The first-order valence-electron chi connectivity index (χ1n) is 8.77. The Morgan fingerprint density at radius 1 is 1.18 bits per heavy atom. The lowest BCUT2D eigenvalue weighted by molar-refractivity contribution is -0.139. The molecule has 0 unspecified atom stereocenters. The average Bonchev–Trinajstić information content (AvgIpc) is 2.54. The highest BCUT2D eigenvalue weighted by Crippen LogP contribution is 2.25. The average molecular weight is 309 g/mol. The topological polar surface area (TPSA) is 66.6 Å². The van der Waals surface area contributed by atoms with Crippen LogP contribution in [0.2, 0.25) is 0 Å². The van der Waals surface area contributed by atoms with Crippen molar-refractivity contribution in [2.45, 2.75) is 57.9 Å². The van der Waals surface area contributed by atoms with E-state index in [4.69, 9.17) is 5.73 Å². The fraction of sp³-hybridized carbons (Fsp3) is 0.882. The van der Waals surface area contributed by atoms with Crippen LogP contribution in [-0.2, 0) is 9.59 Å². The summed E-state index contributed by atoms with van der Waals surface area (Å²) in [6, 6.07) is -0.117. The minimum Gasteiger partial charge on any atom is -0.369 e. The molecule has 0 aromatic heterocycles. The molecule has 0 radical (unpaired) electrons. The molecule has 22 heavy (non-hydrogen) atoms. The molecule has 1 saturated carbocycles. The number of hydrogen-bond acceptors (Lipinski definition) is 3. The molecule has 2 rings (SSSR count). The van der Waals surface area contributed by atoms with Gasteiger partial charge in [-0.2, -0.15) is 0 Å². The van der Waals surface area contributed by atoms with Crippen LogP contribution in [0.25, 0.3) is 0 Å². The van der Waals surface area contributed by atoms with Crippen LogP contribution in [0.1, 0.15) is 51.9 Å². The summed E-state index contributed by atoms with van der Waals surface area (Å²) < 4.78 is 0. The van der Waals surface area contributed by atoms with E-state index < -0.39 is 0 Å².